The van der Waals surface area contributed by atoms with Crippen molar-refractivity contribution < 1.29 is 17.6 Å². The predicted octanol–water partition coefficient (Wildman–Crippen LogP) is 7.84. The molecular formula is C28H39F4N3. The molecule has 2 fully saturated rings. The van der Waals surface area contributed by atoms with Crippen LogP contribution in [0.1, 0.15) is 112 Å². The van der Waals surface area contributed by atoms with Crippen LogP contribution in [-0.4, -0.2) is 27.3 Å². The number of aryl methyl sites for hydroxylation is 1. The topological polar surface area (TPSA) is 21.1 Å². The molecule has 0 N–H and O–H groups in total. The maximum absolute atomic E-state index is 14.0. The van der Waals surface area contributed by atoms with E-state index in [0.717, 1.165) is 37.0 Å². The van der Waals surface area contributed by atoms with Gasteiger partial charge in [0.1, 0.15) is 11.5 Å². The smallest absolute Gasteiger partial charge is 0.282 e. The minimum absolute atomic E-state index is 0.0743. The van der Waals surface area contributed by atoms with Crippen molar-refractivity contribution in [1.29, 1.82) is 0 Å². The molecule has 0 radical (unpaired) electrons. The highest BCUT2D eigenvalue weighted by Crippen LogP contribution is 2.42. The van der Waals surface area contributed by atoms with Crippen molar-refractivity contribution in [3.63, 3.8) is 0 Å². The van der Waals surface area contributed by atoms with E-state index in [9.17, 15) is 17.6 Å². The van der Waals surface area contributed by atoms with Gasteiger partial charge in [0.15, 0.2) is 0 Å². The Labute approximate surface area is 206 Å². The molecule has 0 saturated heterocycles. The Morgan fingerprint density at radius 2 is 1.60 bits per heavy atom. The summed E-state index contributed by atoms with van der Waals surface area (Å²) < 4.78 is 54.8. The molecule has 2 aromatic rings. The van der Waals surface area contributed by atoms with Crippen LogP contribution < -0.4 is 0 Å². The van der Waals surface area contributed by atoms with Crippen molar-refractivity contribution in [3.05, 3.63) is 52.3 Å². The number of aromatic nitrogens is 2. The van der Waals surface area contributed by atoms with Crippen molar-refractivity contribution in [2.75, 3.05) is 6.54 Å². The number of nitrogens with zero attached hydrogens (tertiary/aromatic N) is 3. The molecular weight excluding hydrogens is 454 g/mol. The van der Waals surface area contributed by atoms with Crippen LogP contribution in [0.5, 0.6) is 0 Å². The molecule has 0 unspecified atom stereocenters. The molecule has 0 aliphatic heterocycles. The lowest BCUT2D eigenvalue weighted by Gasteiger charge is -2.23. The summed E-state index contributed by atoms with van der Waals surface area (Å²) in [5.74, 6) is -0.122. The second-order valence-corrected chi connectivity index (χ2v) is 10.5. The van der Waals surface area contributed by atoms with Crippen molar-refractivity contribution in [2.24, 2.45) is 7.05 Å². The summed E-state index contributed by atoms with van der Waals surface area (Å²) in [6.07, 6.45) is 11.1. The monoisotopic (exact) mass is 493 g/mol. The Balaban J connectivity index is 1.09. The highest BCUT2D eigenvalue weighted by atomic mass is 19.3. The van der Waals surface area contributed by atoms with Crippen molar-refractivity contribution in [1.82, 2.24) is 14.7 Å². The van der Waals surface area contributed by atoms with Gasteiger partial charge in [0.2, 0.25) is 5.95 Å². The first-order valence-corrected chi connectivity index (χ1v) is 13.5. The Morgan fingerprint density at radius 1 is 0.943 bits per heavy atom. The third-order valence-corrected chi connectivity index (χ3v) is 7.49. The molecule has 1 heterocycles. The average Bonchev–Trinajstić information content (AvgIpc) is 3.74. The first-order valence-electron chi connectivity index (χ1n) is 13.5. The molecule has 0 spiro atoms. The van der Waals surface area contributed by atoms with E-state index in [4.69, 9.17) is 0 Å². The van der Waals surface area contributed by atoms with E-state index in [1.54, 1.807) is 12.1 Å². The lowest BCUT2D eigenvalue weighted by atomic mass is 10.0. The van der Waals surface area contributed by atoms with E-state index < -0.39 is 18.1 Å². The zero-order valence-corrected chi connectivity index (χ0v) is 20.9. The third kappa shape index (κ3) is 7.55. The average molecular weight is 494 g/mol. The highest BCUT2D eigenvalue weighted by molar-refractivity contribution is 5.34. The standard InChI is InChI=1S/C28H39F4N3/c1-34-28(32)25(26(33-34)27(30)31)10-8-6-4-2-3-5-7-9-17-35(23-14-15-23)19-21-18-22(29)13-16-24(21)20-11-12-20/h13,16,18,20,23,27H,2-12,14-15,17,19H2,1H3. The quantitative estimate of drug-likeness (QED) is 0.175. The van der Waals surface area contributed by atoms with Crippen molar-refractivity contribution in [2.45, 2.75) is 108 Å². The van der Waals surface area contributed by atoms with Crippen LogP contribution in [0.3, 0.4) is 0 Å². The van der Waals surface area contributed by atoms with Gasteiger partial charge in [-0.15, -0.1) is 0 Å². The van der Waals surface area contributed by atoms with Gasteiger partial charge in [-0.25, -0.2) is 17.9 Å². The van der Waals surface area contributed by atoms with E-state index >= 15 is 0 Å². The molecule has 4 rings (SSSR count). The number of rotatable bonds is 16. The van der Waals surface area contributed by atoms with Crippen LogP contribution in [0.2, 0.25) is 0 Å². The fraction of sp³-hybridized carbons (Fsp3) is 0.679. The van der Waals surface area contributed by atoms with Crippen LogP contribution in [0.15, 0.2) is 18.2 Å². The van der Waals surface area contributed by atoms with E-state index in [0.29, 0.717) is 24.8 Å². The number of alkyl halides is 2. The number of benzene rings is 1. The van der Waals surface area contributed by atoms with Gasteiger partial charge >= 0.3 is 0 Å². The molecule has 35 heavy (non-hydrogen) atoms. The number of halogens is 4. The maximum Gasteiger partial charge on any atom is 0.282 e. The number of hydrogen-bond acceptors (Lipinski definition) is 2. The second-order valence-electron chi connectivity index (χ2n) is 10.5. The molecule has 2 saturated carbocycles. The highest BCUT2D eigenvalue weighted by Gasteiger charge is 2.31. The summed E-state index contributed by atoms with van der Waals surface area (Å²) in [6.45, 7) is 1.95. The minimum Gasteiger partial charge on any atom is -0.296 e. The predicted molar refractivity (Wildman–Crippen MR) is 131 cm³/mol. The van der Waals surface area contributed by atoms with Gasteiger partial charge in [-0.2, -0.15) is 9.49 Å². The zero-order chi connectivity index (χ0) is 24.8. The van der Waals surface area contributed by atoms with E-state index in [2.05, 4.69) is 10.00 Å². The second kappa shape index (κ2) is 12.4. The van der Waals surface area contributed by atoms with E-state index in [1.807, 2.05) is 6.07 Å². The normalized spacial score (nSPS) is 16.1. The summed E-state index contributed by atoms with van der Waals surface area (Å²) in [5.41, 5.74) is 2.21. The third-order valence-electron chi connectivity index (χ3n) is 7.49. The van der Waals surface area contributed by atoms with E-state index in [1.165, 1.54) is 69.5 Å². The number of unbranched alkanes of at least 4 members (excludes halogenated alkanes) is 7. The Bertz CT molecular complexity index is 950. The number of hydrogen-bond donors (Lipinski definition) is 0. The molecule has 3 nitrogen and oxygen atoms in total. The van der Waals surface area contributed by atoms with Gasteiger partial charge in [0.25, 0.3) is 6.43 Å². The Morgan fingerprint density at radius 3 is 2.23 bits per heavy atom. The van der Waals surface area contributed by atoms with Crippen LogP contribution in [-0.2, 0) is 20.0 Å². The first kappa shape index (κ1) is 26.2. The molecule has 0 atom stereocenters. The molecule has 1 aromatic heterocycles. The van der Waals surface area contributed by atoms with E-state index in [-0.39, 0.29) is 11.4 Å². The SMILES string of the molecule is Cn1nc(C(F)F)c(CCCCCCCCCCN(Cc2cc(F)ccc2C2CC2)C2CC2)c1F. The fourth-order valence-corrected chi connectivity index (χ4v) is 5.20. The van der Waals surface area contributed by atoms with Gasteiger partial charge < -0.3 is 0 Å². The molecule has 0 amide bonds. The largest absolute Gasteiger partial charge is 0.296 e. The zero-order valence-electron chi connectivity index (χ0n) is 20.9. The van der Waals surface area contributed by atoms with Gasteiger partial charge in [0, 0.05) is 25.2 Å². The van der Waals surface area contributed by atoms with Crippen LogP contribution in [0.25, 0.3) is 0 Å². The summed E-state index contributed by atoms with van der Waals surface area (Å²) in [5, 5.41) is 3.61. The van der Waals surface area contributed by atoms with Gasteiger partial charge in [-0.3, -0.25) is 4.90 Å². The van der Waals surface area contributed by atoms with Crippen LogP contribution in [0, 0.1) is 11.8 Å². The Kier molecular flexibility index (Phi) is 9.26. The summed E-state index contributed by atoms with van der Waals surface area (Å²) in [6, 6.07) is 6.02. The molecule has 194 valence electrons. The van der Waals surface area contributed by atoms with Crippen LogP contribution >= 0.6 is 0 Å². The lowest BCUT2D eigenvalue weighted by molar-refractivity contribution is 0.144. The molecule has 2 aliphatic carbocycles. The summed E-state index contributed by atoms with van der Waals surface area (Å²) in [4.78, 5) is 2.56. The van der Waals surface area contributed by atoms with Gasteiger partial charge in [-0.1, -0.05) is 44.6 Å². The van der Waals surface area contributed by atoms with Gasteiger partial charge in [0.05, 0.1) is 0 Å². The Hall–Kier alpha value is -1.89. The molecule has 0 bridgehead atoms. The lowest BCUT2D eigenvalue weighted by Crippen LogP contribution is -2.27. The fourth-order valence-electron chi connectivity index (χ4n) is 5.20. The molecule has 2 aliphatic rings. The van der Waals surface area contributed by atoms with Crippen molar-refractivity contribution in [3.8, 4) is 0 Å². The van der Waals surface area contributed by atoms with Crippen LogP contribution in [0.4, 0.5) is 17.6 Å². The van der Waals surface area contributed by atoms with Gasteiger partial charge in [-0.05, 0) is 80.7 Å². The molecule has 7 heteroatoms. The molecule has 1 aromatic carbocycles. The summed E-state index contributed by atoms with van der Waals surface area (Å²) in [7, 11) is 1.36. The minimum atomic E-state index is -2.73. The maximum atomic E-state index is 14.0. The first-order chi connectivity index (χ1) is 16.9. The van der Waals surface area contributed by atoms with Crippen molar-refractivity contribution >= 4 is 0 Å². The summed E-state index contributed by atoms with van der Waals surface area (Å²) >= 11 is 0.